The Morgan fingerprint density at radius 3 is 2.08 bits per heavy atom. The number of rotatable bonds is 3. The standard InChI is InChI=1S/C18H16F3NO4/c19-18(20,21)13-3-1-11(2-4-13)12-7-9-22(10-8-12)16(23)14-5-6-15(26-14)17(24)25/h1-6,12H,7-10H2,(H,24,25). The number of nitrogens with zero attached hydrogens (tertiary/aromatic N) is 1. The van der Waals surface area contributed by atoms with Gasteiger partial charge in [-0.05, 0) is 48.6 Å². The first-order chi connectivity index (χ1) is 12.3. The van der Waals surface area contributed by atoms with Crippen LogP contribution in [0, 0.1) is 0 Å². The molecular formula is C18H16F3NO4. The predicted octanol–water partition coefficient (Wildman–Crippen LogP) is 4.02. The molecule has 8 heteroatoms. The number of hydrogen-bond donors (Lipinski definition) is 1. The number of amides is 1. The molecule has 138 valence electrons. The minimum absolute atomic E-state index is 0.0321. The minimum atomic E-state index is -4.36. The summed E-state index contributed by atoms with van der Waals surface area (Å²) in [6.07, 6.45) is -3.13. The molecule has 0 bridgehead atoms. The van der Waals surface area contributed by atoms with Crippen LogP contribution in [0.1, 0.15) is 51.0 Å². The SMILES string of the molecule is O=C(O)c1ccc(C(=O)N2CCC(c3ccc(C(F)(F)F)cc3)CC2)o1. The summed E-state index contributed by atoms with van der Waals surface area (Å²) < 4.78 is 42.9. The number of carbonyl (C=O) groups excluding carboxylic acids is 1. The van der Waals surface area contributed by atoms with Crippen LogP contribution in [0.5, 0.6) is 0 Å². The van der Waals surface area contributed by atoms with Gasteiger partial charge in [-0.3, -0.25) is 4.79 Å². The predicted molar refractivity (Wildman–Crippen MR) is 85.0 cm³/mol. The number of likely N-dealkylation sites (tertiary alicyclic amines) is 1. The third kappa shape index (κ3) is 3.74. The van der Waals surface area contributed by atoms with Gasteiger partial charge >= 0.3 is 12.1 Å². The molecule has 1 aliphatic rings. The topological polar surface area (TPSA) is 70.8 Å². The van der Waals surface area contributed by atoms with Gasteiger partial charge < -0.3 is 14.4 Å². The van der Waals surface area contributed by atoms with Crippen molar-refractivity contribution in [1.82, 2.24) is 4.90 Å². The third-order valence-electron chi connectivity index (χ3n) is 4.52. The zero-order valence-electron chi connectivity index (χ0n) is 13.6. The van der Waals surface area contributed by atoms with E-state index in [0.29, 0.717) is 25.9 Å². The first kappa shape index (κ1) is 18.0. The van der Waals surface area contributed by atoms with Gasteiger partial charge in [-0.2, -0.15) is 13.2 Å². The summed E-state index contributed by atoms with van der Waals surface area (Å²) in [6, 6.07) is 7.66. The highest BCUT2D eigenvalue weighted by Crippen LogP contribution is 2.33. The summed E-state index contributed by atoms with van der Waals surface area (Å²) in [4.78, 5) is 24.7. The van der Waals surface area contributed by atoms with Crippen molar-refractivity contribution >= 4 is 11.9 Å². The van der Waals surface area contributed by atoms with Crippen molar-refractivity contribution < 1.29 is 32.3 Å². The molecule has 1 fully saturated rings. The van der Waals surface area contributed by atoms with Gasteiger partial charge in [0.15, 0.2) is 5.76 Å². The maximum absolute atomic E-state index is 12.6. The molecule has 0 atom stereocenters. The van der Waals surface area contributed by atoms with Gasteiger partial charge in [-0.25, -0.2) is 4.79 Å². The van der Waals surface area contributed by atoms with Crippen molar-refractivity contribution in [3.05, 3.63) is 59.0 Å². The fourth-order valence-electron chi connectivity index (χ4n) is 3.08. The molecule has 1 amide bonds. The van der Waals surface area contributed by atoms with Gasteiger partial charge in [0, 0.05) is 13.1 Å². The lowest BCUT2D eigenvalue weighted by Gasteiger charge is -2.31. The largest absolute Gasteiger partial charge is 0.475 e. The van der Waals surface area contributed by atoms with Crippen molar-refractivity contribution in [2.45, 2.75) is 24.9 Å². The Bertz CT molecular complexity index is 803. The molecule has 0 spiro atoms. The first-order valence-corrected chi connectivity index (χ1v) is 8.05. The Kier molecular flexibility index (Phi) is 4.76. The van der Waals surface area contributed by atoms with E-state index in [1.54, 1.807) is 4.90 Å². The Balaban J connectivity index is 1.61. The van der Waals surface area contributed by atoms with Gasteiger partial charge in [0.2, 0.25) is 5.76 Å². The molecule has 3 rings (SSSR count). The number of carboxylic acid groups (broad SMARTS) is 1. The van der Waals surface area contributed by atoms with Crippen LogP contribution in [-0.4, -0.2) is 35.0 Å². The van der Waals surface area contributed by atoms with Gasteiger partial charge in [-0.1, -0.05) is 12.1 Å². The summed E-state index contributed by atoms with van der Waals surface area (Å²) in [5, 5.41) is 8.83. The molecule has 0 saturated carbocycles. The highest BCUT2D eigenvalue weighted by atomic mass is 19.4. The van der Waals surface area contributed by atoms with Crippen LogP contribution in [0.15, 0.2) is 40.8 Å². The second-order valence-corrected chi connectivity index (χ2v) is 6.16. The van der Waals surface area contributed by atoms with Crippen LogP contribution in [0.2, 0.25) is 0 Å². The second kappa shape index (κ2) is 6.86. The summed E-state index contributed by atoms with van der Waals surface area (Å²) in [5.74, 6) is -1.88. The quantitative estimate of drug-likeness (QED) is 0.890. The van der Waals surface area contributed by atoms with Crippen molar-refractivity contribution in [2.24, 2.45) is 0 Å². The van der Waals surface area contributed by atoms with E-state index in [1.807, 2.05) is 0 Å². The molecule has 1 aromatic heterocycles. The normalized spacial score (nSPS) is 15.9. The second-order valence-electron chi connectivity index (χ2n) is 6.16. The summed E-state index contributed by atoms with van der Waals surface area (Å²) in [5.41, 5.74) is 0.136. The van der Waals surface area contributed by atoms with Gasteiger partial charge in [0.1, 0.15) is 0 Å². The van der Waals surface area contributed by atoms with E-state index in [0.717, 1.165) is 17.7 Å². The van der Waals surface area contributed by atoms with Crippen molar-refractivity contribution in [2.75, 3.05) is 13.1 Å². The van der Waals surface area contributed by atoms with Gasteiger partial charge in [0.05, 0.1) is 5.56 Å². The molecule has 0 unspecified atom stereocenters. The number of piperidine rings is 1. The smallest absolute Gasteiger partial charge is 0.416 e. The van der Waals surface area contributed by atoms with E-state index >= 15 is 0 Å². The molecule has 0 radical (unpaired) electrons. The third-order valence-corrected chi connectivity index (χ3v) is 4.52. The van der Waals surface area contributed by atoms with Crippen molar-refractivity contribution in [3.63, 3.8) is 0 Å². The zero-order chi connectivity index (χ0) is 18.9. The van der Waals surface area contributed by atoms with E-state index in [1.165, 1.54) is 24.3 Å². The fraction of sp³-hybridized carbons (Fsp3) is 0.333. The minimum Gasteiger partial charge on any atom is -0.475 e. The lowest BCUT2D eigenvalue weighted by atomic mass is 9.89. The first-order valence-electron chi connectivity index (χ1n) is 8.05. The molecule has 2 heterocycles. The van der Waals surface area contributed by atoms with Crippen molar-refractivity contribution in [3.8, 4) is 0 Å². The Labute approximate surface area is 147 Å². The average Bonchev–Trinajstić information content (AvgIpc) is 3.11. The summed E-state index contributed by atoms with van der Waals surface area (Å²) >= 11 is 0. The molecule has 1 N–H and O–H groups in total. The molecule has 1 saturated heterocycles. The maximum atomic E-state index is 12.6. The zero-order valence-corrected chi connectivity index (χ0v) is 13.6. The molecule has 1 aromatic carbocycles. The van der Waals surface area contributed by atoms with E-state index in [4.69, 9.17) is 9.52 Å². The van der Waals surface area contributed by atoms with Crippen LogP contribution >= 0.6 is 0 Å². The maximum Gasteiger partial charge on any atom is 0.416 e. The number of carboxylic acids is 1. The molecule has 0 aliphatic carbocycles. The van der Waals surface area contributed by atoms with E-state index in [2.05, 4.69) is 0 Å². The van der Waals surface area contributed by atoms with Crippen LogP contribution < -0.4 is 0 Å². The number of aromatic carboxylic acids is 1. The molecular weight excluding hydrogens is 351 g/mol. The van der Waals surface area contributed by atoms with Gasteiger partial charge in [0.25, 0.3) is 5.91 Å². The highest BCUT2D eigenvalue weighted by molar-refractivity contribution is 5.93. The number of benzene rings is 1. The number of carbonyl (C=O) groups is 2. The van der Waals surface area contributed by atoms with Crippen LogP contribution in [0.4, 0.5) is 13.2 Å². The van der Waals surface area contributed by atoms with Crippen LogP contribution in [0.25, 0.3) is 0 Å². The Morgan fingerprint density at radius 1 is 1.00 bits per heavy atom. The molecule has 5 nitrogen and oxygen atoms in total. The lowest BCUT2D eigenvalue weighted by molar-refractivity contribution is -0.137. The number of halogens is 3. The number of hydrogen-bond acceptors (Lipinski definition) is 3. The van der Waals surface area contributed by atoms with E-state index < -0.39 is 17.7 Å². The lowest BCUT2D eigenvalue weighted by Crippen LogP contribution is -2.37. The fourth-order valence-corrected chi connectivity index (χ4v) is 3.08. The van der Waals surface area contributed by atoms with E-state index in [-0.39, 0.29) is 23.3 Å². The van der Waals surface area contributed by atoms with Crippen LogP contribution in [-0.2, 0) is 6.18 Å². The Hall–Kier alpha value is -2.77. The summed E-state index contributed by atoms with van der Waals surface area (Å²) in [6.45, 7) is 0.848. The number of furan rings is 1. The monoisotopic (exact) mass is 367 g/mol. The van der Waals surface area contributed by atoms with E-state index in [9.17, 15) is 22.8 Å². The summed E-state index contributed by atoms with van der Waals surface area (Å²) in [7, 11) is 0. The number of alkyl halides is 3. The van der Waals surface area contributed by atoms with Crippen molar-refractivity contribution in [1.29, 1.82) is 0 Å². The van der Waals surface area contributed by atoms with Crippen LogP contribution in [0.3, 0.4) is 0 Å². The average molecular weight is 367 g/mol. The Morgan fingerprint density at radius 2 is 1.58 bits per heavy atom. The van der Waals surface area contributed by atoms with Gasteiger partial charge in [-0.15, -0.1) is 0 Å². The molecule has 26 heavy (non-hydrogen) atoms. The highest BCUT2D eigenvalue weighted by Gasteiger charge is 2.31. The molecule has 2 aromatic rings. The molecule has 1 aliphatic heterocycles.